The van der Waals surface area contributed by atoms with Crippen LogP contribution in [0.2, 0.25) is 0 Å². The number of carbonyl (C=O) groups excluding carboxylic acids is 1. The Morgan fingerprint density at radius 3 is 2.68 bits per heavy atom. The van der Waals surface area contributed by atoms with Crippen molar-refractivity contribution in [3.05, 3.63) is 53.1 Å². The minimum atomic E-state index is -0.812. The predicted molar refractivity (Wildman–Crippen MR) is 67.0 cm³/mol. The molecular weight excluding hydrogens is 250 g/mol. The predicted octanol–water partition coefficient (Wildman–Crippen LogP) is 2.82. The Bertz CT molecular complexity index is 620. The quantitative estimate of drug-likeness (QED) is 0.796. The first-order chi connectivity index (χ1) is 8.99. The highest BCUT2D eigenvalue weighted by atomic mass is 19.1. The first-order valence-electron chi connectivity index (χ1n) is 5.94. The lowest BCUT2D eigenvalue weighted by molar-refractivity contribution is 0.0978. The molecule has 0 spiro atoms. The molecule has 1 aromatic carbocycles. The highest BCUT2D eigenvalue weighted by molar-refractivity contribution is 5.96. The second-order valence-corrected chi connectivity index (χ2v) is 4.46. The average molecular weight is 264 g/mol. The Balaban J connectivity index is 2.12. The van der Waals surface area contributed by atoms with Crippen LogP contribution in [0.25, 0.3) is 0 Å². The fourth-order valence-corrected chi connectivity index (χ4v) is 1.87. The maximum Gasteiger partial charge on any atom is 0.166 e. The third-order valence-corrected chi connectivity index (χ3v) is 3.05. The smallest absolute Gasteiger partial charge is 0.166 e. The van der Waals surface area contributed by atoms with Crippen LogP contribution in [0.1, 0.15) is 28.2 Å². The van der Waals surface area contributed by atoms with Gasteiger partial charge in [-0.25, -0.2) is 13.8 Å². The molecule has 0 aliphatic carbocycles. The van der Waals surface area contributed by atoms with Crippen LogP contribution in [0.3, 0.4) is 0 Å². The molecule has 0 N–H and O–H groups in total. The van der Waals surface area contributed by atoms with Crippen LogP contribution in [0.15, 0.2) is 24.5 Å². The normalized spacial score (nSPS) is 10.7. The second-order valence-electron chi connectivity index (χ2n) is 4.46. The molecule has 2 aromatic rings. The number of halogens is 2. The summed E-state index contributed by atoms with van der Waals surface area (Å²) in [5.74, 6) is -1.04. The lowest BCUT2D eigenvalue weighted by atomic mass is 10.0. The maximum absolute atomic E-state index is 13.5. The van der Waals surface area contributed by atoms with Gasteiger partial charge in [-0.15, -0.1) is 0 Å². The van der Waals surface area contributed by atoms with Crippen molar-refractivity contribution in [2.24, 2.45) is 7.05 Å². The van der Waals surface area contributed by atoms with Gasteiger partial charge >= 0.3 is 0 Å². The number of rotatable bonds is 4. The van der Waals surface area contributed by atoms with Crippen molar-refractivity contribution in [3.8, 4) is 0 Å². The Hall–Kier alpha value is -2.04. The van der Waals surface area contributed by atoms with Gasteiger partial charge in [-0.3, -0.25) is 4.79 Å². The van der Waals surface area contributed by atoms with Crippen molar-refractivity contribution in [2.45, 2.75) is 19.8 Å². The van der Waals surface area contributed by atoms with E-state index in [1.54, 1.807) is 17.0 Å². The van der Waals surface area contributed by atoms with E-state index in [0.717, 1.165) is 11.9 Å². The Morgan fingerprint density at radius 1 is 1.32 bits per heavy atom. The molecule has 0 saturated carbocycles. The lowest BCUT2D eigenvalue weighted by Gasteiger charge is -2.05. The summed E-state index contributed by atoms with van der Waals surface area (Å²) >= 11 is 0. The molecule has 0 saturated heterocycles. The number of nitrogens with zero attached hydrogens (tertiary/aromatic N) is 2. The molecule has 19 heavy (non-hydrogen) atoms. The highest BCUT2D eigenvalue weighted by Crippen LogP contribution is 2.16. The Labute approximate surface area is 109 Å². The topological polar surface area (TPSA) is 34.9 Å². The summed E-state index contributed by atoms with van der Waals surface area (Å²) in [7, 11) is 1.83. The number of hydrogen-bond donors (Lipinski definition) is 0. The van der Waals surface area contributed by atoms with Gasteiger partial charge in [0.25, 0.3) is 0 Å². The number of Topliss-reactive ketones (excluding diaryl/α,β-unsaturated/α-hetero) is 1. The van der Waals surface area contributed by atoms with Crippen molar-refractivity contribution < 1.29 is 13.6 Å². The van der Waals surface area contributed by atoms with Crippen molar-refractivity contribution in [1.82, 2.24) is 9.55 Å². The molecule has 0 aliphatic rings. The van der Waals surface area contributed by atoms with Gasteiger partial charge in [0, 0.05) is 38.3 Å². The highest BCUT2D eigenvalue weighted by Gasteiger charge is 2.15. The van der Waals surface area contributed by atoms with E-state index >= 15 is 0 Å². The second kappa shape index (κ2) is 5.30. The van der Waals surface area contributed by atoms with Crippen LogP contribution < -0.4 is 0 Å². The summed E-state index contributed by atoms with van der Waals surface area (Å²) in [6, 6.07) is 2.01. The van der Waals surface area contributed by atoms with E-state index < -0.39 is 11.6 Å². The van der Waals surface area contributed by atoms with E-state index in [1.165, 1.54) is 13.0 Å². The minimum absolute atomic E-state index is 0.0619. The number of aryl methyl sites for hydroxylation is 3. The summed E-state index contributed by atoms with van der Waals surface area (Å²) in [4.78, 5) is 16.0. The fraction of sp³-hybridized carbons (Fsp3) is 0.286. The van der Waals surface area contributed by atoms with Gasteiger partial charge in [-0.2, -0.15) is 0 Å². The summed E-state index contributed by atoms with van der Waals surface area (Å²) in [5.41, 5.74) is 0.204. The van der Waals surface area contributed by atoms with E-state index in [0.29, 0.717) is 6.42 Å². The van der Waals surface area contributed by atoms with Gasteiger partial charge < -0.3 is 4.57 Å². The molecule has 0 aliphatic heterocycles. The van der Waals surface area contributed by atoms with Gasteiger partial charge in [-0.1, -0.05) is 0 Å². The van der Waals surface area contributed by atoms with Crippen LogP contribution in [0, 0.1) is 18.6 Å². The lowest BCUT2D eigenvalue weighted by Crippen LogP contribution is -2.07. The average Bonchev–Trinajstić information content (AvgIpc) is 2.76. The van der Waals surface area contributed by atoms with Crippen LogP contribution in [0.5, 0.6) is 0 Å². The number of hydrogen-bond acceptors (Lipinski definition) is 2. The summed E-state index contributed by atoms with van der Waals surface area (Å²) < 4.78 is 28.5. The fourth-order valence-electron chi connectivity index (χ4n) is 1.87. The molecule has 0 atom stereocenters. The van der Waals surface area contributed by atoms with E-state index in [1.807, 2.05) is 7.05 Å². The number of benzene rings is 1. The van der Waals surface area contributed by atoms with Crippen molar-refractivity contribution in [2.75, 3.05) is 0 Å². The Kier molecular flexibility index (Phi) is 3.74. The maximum atomic E-state index is 13.5. The van der Waals surface area contributed by atoms with Crippen LogP contribution >= 0.6 is 0 Å². The van der Waals surface area contributed by atoms with Crippen LogP contribution in [-0.4, -0.2) is 15.3 Å². The molecule has 0 amide bonds. The SMILES string of the molecule is Cc1cc(C(=O)CCc2nccn2C)c(F)cc1F. The van der Waals surface area contributed by atoms with Gasteiger partial charge in [0.15, 0.2) is 5.78 Å². The van der Waals surface area contributed by atoms with Gasteiger partial charge in [-0.05, 0) is 18.6 Å². The molecule has 1 heterocycles. The van der Waals surface area contributed by atoms with E-state index in [-0.39, 0.29) is 23.3 Å². The number of carbonyl (C=O) groups is 1. The zero-order valence-corrected chi connectivity index (χ0v) is 10.8. The summed E-state index contributed by atoms with van der Waals surface area (Å²) in [6.07, 6.45) is 4.00. The molecule has 3 nitrogen and oxygen atoms in total. The monoisotopic (exact) mass is 264 g/mol. The molecule has 0 bridgehead atoms. The molecule has 0 unspecified atom stereocenters. The third-order valence-electron chi connectivity index (χ3n) is 3.05. The molecular formula is C14H14F2N2O. The van der Waals surface area contributed by atoms with Gasteiger partial charge in [0.1, 0.15) is 17.5 Å². The third kappa shape index (κ3) is 2.86. The molecule has 1 aromatic heterocycles. The molecule has 0 fully saturated rings. The van der Waals surface area contributed by atoms with Crippen molar-refractivity contribution >= 4 is 5.78 Å². The zero-order valence-electron chi connectivity index (χ0n) is 10.8. The number of ketones is 1. The van der Waals surface area contributed by atoms with Crippen molar-refractivity contribution in [3.63, 3.8) is 0 Å². The van der Waals surface area contributed by atoms with Crippen LogP contribution in [-0.2, 0) is 13.5 Å². The molecule has 5 heteroatoms. The van der Waals surface area contributed by atoms with Gasteiger partial charge in [0.05, 0.1) is 5.56 Å². The van der Waals surface area contributed by atoms with E-state index in [4.69, 9.17) is 0 Å². The summed E-state index contributed by atoms with van der Waals surface area (Å²) in [6.45, 7) is 1.50. The molecule has 100 valence electrons. The number of aromatic nitrogens is 2. The van der Waals surface area contributed by atoms with Gasteiger partial charge in [0.2, 0.25) is 0 Å². The van der Waals surface area contributed by atoms with E-state index in [2.05, 4.69) is 4.98 Å². The molecule has 0 radical (unpaired) electrons. The zero-order chi connectivity index (χ0) is 14.0. The first-order valence-corrected chi connectivity index (χ1v) is 5.94. The number of imidazole rings is 1. The standard InChI is InChI=1S/C14H14F2N2O/c1-9-7-10(12(16)8-11(9)15)13(19)3-4-14-17-5-6-18(14)2/h5-8H,3-4H2,1-2H3. The largest absolute Gasteiger partial charge is 0.338 e. The Morgan fingerprint density at radius 2 is 2.05 bits per heavy atom. The van der Waals surface area contributed by atoms with E-state index in [9.17, 15) is 13.6 Å². The molecule has 2 rings (SSSR count). The van der Waals surface area contributed by atoms with Crippen LogP contribution in [0.4, 0.5) is 8.78 Å². The van der Waals surface area contributed by atoms with Crippen molar-refractivity contribution in [1.29, 1.82) is 0 Å². The minimum Gasteiger partial charge on any atom is -0.338 e. The first kappa shape index (κ1) is 13.4. The summed E-state index contributed by atoms with van der Waals surface area (Å²) in [5, 5.41) is 0.